The topological polar surface area (TPSA) is 72.7 Å². The number of hydrogen-bond donors (Lipinski definition) is 4. The zero-order chi connectivity index (χ0) is 15.5. The van der Waals surface area contributed by atoms with Crippen LogP contribution in [0.15, 0.2) is 0 Å². The number of aliphatic hydroxyl groups is 3. The van der Waals surface area contributed by atoms with Crippen LogP contribution in [0.3, 0.4) is 0 Å². The number of aliphatic hydroxyl groups excluding tert-OH is 3. The van der Waals surface area contributed by atoms with Crippen molar-refractivity contribution in [2.24, 2.45) is 0 Å². The third kappa shape index (κ3) is 7.59. The molecule has 1 fully saturated rings. The maximum absolute atomic E-state index is 10.0. The lowest BCUT2D eigenvalue weighted by atomic mass is 9.99. The summed E-state index contributed by atoms with van der Waals surface area (Å²) in [5.41, 5.74) is 0. The summed E-state index contributed by atoms with van der Waals surface area (Å²) < 4.78 is 0. The van der Waals surface area contributed by atoms with E-state index in [9.17, 15) is 15.3 Å². The van der Waals surface area contributed by atoms with Gasteiger partial charge in [-0.05, 0) is 6.42 Å². The second-order valence-electron chi connectivity index (χ2n) is 6.53. The molecule has 0 aliphatic carbocycles. The van der Waals surface area contributed by atoms with E-state index >= 15 is 0 Å². The molecule has 4 heteroatoms. The normalized spacial score (nSPS) is 27.1. The summed E-state index contributed by atoms with van der Waals surface area (Å²) in [6.07, 6.45) is 11.4. The van der Waals surface area contributed by atoms with E-state index < -0.39 is 18.3 Å². The van der Waals surface area contributed by atoms with Crippen LogP contribution in [0.5, 0.6) is 0 Å². The number of β-amino-alcohol motifs (C(OH)–C–C–N with tert-alkyl or cyclic N) is 1. The van der Waals surface area contributed by atoms with Crippen LogP contribution >= 0.6 is 0 Å². The Kier molecular flexibility index (Phi) is 10.3. The van der Waals surface area contributed by atoms with Gasteiger partial charge in [0.05, 0.1) is 24.4 Å². The molecule has 1 heterocycles. The Morgan fingerprint density at radius 1 is 0.905 bits per heavy atom. The Morgan fingerprint density at radius 2 is 1.43 bits per heavy atom. The fourth-order valence-corrected chi connectivity index (χ4v) is 3.12. The van der Waals surface area contributed by atoms with Crippen molar-refractivity contribution in [2.45, 2.75) is 102 Å². The van der Waals surface area contributed by atoms with Crippen molar-refractivity contribution in [1.29, 1.82) is 0 Å². The Morgan fingerprint density at radius 3 is 1.90 bits per heavy atom. The van der Waals surface area contributed by atoms with E-state index in [0.717, 1.165) is 12.8 Å². The SMILES string of the molecule is CCCCCCCCCCCC[C@@H](O)[C@@H]1NC[C@H](O)[C@H]1O. The van der Waals surface area contributed by atoms with Crippen LogP contribution < -0.4 is 5.32 Å². The van der Waals surface area contributed by atoms with Crippen LogP contribution in [-0.4, -0.2) is 46.2 Å². The smallest absolute Gasteiger partial charge is 0.0989 e. The highest BCUT2D eigenvalue weighted by Crippen LogP contribution is 2.17. The van der Waals surface area contributed by atoms with Gasteiger partial charge in [-0.25, -0.2) is 0 Å². The highest BCUT2D eigenvalue weighted by atomic mass is 16.3. The van der Waals surface area contributed by atoms with Crippen molar-refractivity contribution in [3.8, 4) is 0 Å². The van der Waals surface area contributed by atoms with Crippen LogP contribution in [0.4, 0.5) is 0 Å². The molecule has 126 valence electrons. The van der Waals surface area contributed by atoms with E-state index in [1.54, 1.807) is 0 Å². The van der Waals surface area contributed by atoms with Crippen molar-refractivity contribution in [3.05, 3.63) is 0 Å². The summed E-state index contributed by atoms with van der Waals surface area (Å²) in [7, 11) is 0. The third-order valence-corrected chi connectivity index (χ3v) is 4.59. The molecule has 1 rings (SSSR count). The molecule has 1 saturated heterocycles. The lowest BCUT2D eigenvalue weighted by Crippen LogP contribution is -2.43. The summed E-state index contributed by atoms with van der Waals surface area (Å²) >= 11 is 0. The summed E-state index contributed by atoms with van der Waals surface area (Å²) in [4.78, 5) is 0. The molecule has 0 amide bonds. The van der Waals surface area contributed by atoms with Gasteiger partial charge in [-0.1, -0.05) is 71.1 Å². The Bertz CT molecular complexity index is 250. The van der Waals surface area contributed by atoms with Crippen LogP contribution in [0.2, 0.25) is 0 Å². The van der Waals surface area contributed by atoms with Crippen LogP contribution in [0.1, 0.15) is 77.6 Å². The molecule has 1 aliphatic heterocycles. The Hall–Kier alpha value is -0.160. The van der Waals surface area contributed by atoms with Gasteiger partial charge in [0.25, 0.3) is 0 Å². The van der Waals surface area contributed by atoms with Crippen molar-refractivity contribution < 1.29 is 15.3 Å². The molecule has 0 spiro atoms. The minimum atomic E-state index is -0.830. The molecule has 0 aromatic heterocycles. The molecule has 0 aromatic rings. The summed E-state index contributed by atoms with van der Waals surface area (Å²) in [6.45, 7) is 2.62. The molecule has 0 unspecified atom stereocenters. The van der Waals surface area contributed by atoms with Crippen molar-refractivity contribution >= 4 is 0 Å². The molecule has 1 aliphatic rings. The van der Waals surface area contributed by atoms with E-state index in [1.807, 2.05) is 0 Å². The molecule has 0 saturated carbocycles. The van der Waals surface area contributed by atoms with Gasteiger partial charge in [-0.2, -0.15) is 0 Å². The van der Waals surface area contributed by atoms with E-state index in [0.29, 0.717) is 13.0 Å². The first-order valence-corrected chi connectivity index (χ1v) is 8.94. The number of rotatable bonds is 12. The van der Waals surface area contributed by atoms with Crippen LogP contribution in [-0.2, 0) is 0 Å². The molecule has 21 heavy (non-hydrogen) atoms. The van der Waals surface area contributed by atoms with Gasteiger partial charge in [0.2, 0.25) is 0 Å². The first kappa shape index (κ1) is 18.9. The third-order valence-electron chi connectivity index (χ3n) is 4.59. The van der Waals surface area contributed by atoms with E-state index in [1.165, 1.54) is 51.4 Å². The van der Waals surface area contributed by atoms with E-state index in [4.69, 9.17) is 0 Å². The first-order chi connectivity index (χ1) is 10.2. The van der Waals surface area contributed by atoms with Gasteiger partial charge < -0.3 is 20.6 Å². The molecular weight excluding hydrogens is 266 g/mol. The average Bonchev–Trinajstić information content (AvgIpc) is 2.81. The zero-order valence-corrected chi connectivity index (χ0v) is 13.6. The number of unbranched alkanes of at least 4 members (excludes halogenated alkanes) is 9. The predicted octanol–water partition coefficient (Wildman–Crippen LogP) is 2.35. The Labute approximate surface area is 130 Å². The quantitative estimate of drug-likeness (QED) is 0.418. The standard InChI is InChI=1S/C17H35NO3/c1-2-3-4-5-6-7-8-9-10-11-12-14(19)16-17(21)15(20)13-18-16/h14-21H,2-13H2,1H3/t14-,15+,16+,17-/m1/s1. The van der Waals surface area contributed by atoms with Crippen LogP contribution in [0.25, 0.3) is 0 Å². The summed E-state index contributed by atoms with van der Waals surface area (Å²) in [5, 5.41) is 32.2. The van der Waals surface area contributed by atoms with Gasteiger partial charge in [-0.3, -0.25) is 0 Å². The minimum absolute atomic E-state index is 0.362. The highest BCUT2D eigenvalue weighted by Gasteiger charge is 2.37. The molecule has 0 bridgehead atoms. The molecule has 4 nitrogen and oxygen atoms in total. The number of nitrogens with one attached hydrogen (secondary N) is 1. The van der Waals surface area contributed by atoms with Crippen LogP contribution in [0, 0.1) is 0 Å². The average molecular weight is 301 g/mol. The monoisotopic (exact) mass is 301 g/mol. The largest absolute Gasteiger partial charge is 0.391 e. The first-order valence-electron chi connectivity index (χ1n) is 8.94. The minimum Gasteiger partial charge on any atom is -0.391 e. The van der Waals surface area contributed by atoms with E-state index in [2.05, 4.69) is 12.2 Å². The number of hydrogen-bond acceptors (Lipinski definition) is 4. The van der Waals surface area contributed by atoms with Crippen molar-refractivity contribution in [1.82, 2.24) is 5.32 Å². The predicted molar refractivity (Wildman–Crippen MR) is 86.3 cm³/mol. The van der Waals surface area contributed by atoms with Gasteiger partial charge in [0, 0.05) is 6.54 Å². The molecule has 4 atom stereocenters. The second kappa shape index (κ2) is 11.4. The summed E-state index contributed by atoms with van der Waals surface area (Å²) in [5.74, 6) is 0. The fourth-order valence-electron chi connectivity index (χ4n) is 3.12. The maximum Gasteiger partial charge on any atom is 0.0989 e. The highest BCUT2D eigenvalue weighted by molar-refractivity contribution is 4.94. The second-order valence-corrected chi connectivity index (χ2v) is 6.53. The lowest BCUT2D eigenvalue weighted by Gasteiger charge is -2.22. The van der Waals surface area contributed by atoms with Gasteiger partial charge >= 0.3 is 0 Å². The van der Waals surface area contributed by atoms with Crippen molar-refractivity contribution in [3.63, 3.8) is 0 Å². The van der Waals surface area contributed by atoms with Gasteiger partial charge in [0.15, 0.2) is 0 Å². The zero-order valence-electron chi connectivity index (χ0n) is 13.6. The summed E-state index contributed by atoms with van der Waals surface area (Å²) in [6, 6.07) is -0.362. The molecular formula is C17H35NO3. The lowest BCUT2D eigenvalue weighted by molar-refractivity contribution is 0.00410. The molecule has 0 radical (unpaired) electrons. The molecule has 0 aromatic carbocycles. The van der Waals surface area contributed by atoms with Gasteiger partial charge in [-0.15, -0.1) is 0 Å². The molecule has 4 N–H and O–H groups in total. The van der Waals surface area contributed by atoms with Gasteiger partial charge in [0.1, 0.15) is 0 Å². The van der Waals surface area contributed by atoms with Crippen molar-refractivity contribution in [2.75, 3.05) is 6.54 Å². The van der Waals surface area contributed by atoms with E-state index in [-0.39, 0.29) is 6.04 Å². The fraction of sp³-hybridized carbons (Fsp3) is 1.00. The maximum atomic E-state index is 10.0. The Balaban J connectivity index is 1.90.